The van der Waals surface area contributed by atoms with Gasteiger partial charge in [0.25, 0.3) is 5.91 Å². The van der Waals surface area contributed by atoms with Gasteiger partial charge in [-0.2, -0.15) is 5.10 Å². The molecule has 5 nitrogen and oxygen atoms in total. The van der Waals surface area contributed by atoms with E-state index in [2.05, 4.69) is 41.4 Å². The van der Waals surface area contributed by atoms with Crippen LogP contribution in [-0.2, 0) is 0 Å². The summed E-state index contributed by atoms with van der Waals surface area (Å²) in [6, 6.07) is 10.1. The second kappa shape index (κ2) is 7.25. The van der Waals surface area contributed by atoms with Gasteiger partial charge in [0, 0.05) is 18.3 Å². The molecule has 0 bridgehead atoms. The number of hydrogen-bond acceptors (Lipinski definition) is 3. The smallest absolute Gasteiger partial charge is 0.256 e. The third-order valence-corrected chi connectivity index (χ3v) is 4.03. The molecule has 0 saturated carbocycles. The van der Waals surface area contributed by atoms with Crippen LogP contribution in [0.1, 0.15) is 42.1 Å². The average molecular weight is 322 g/mol. The maximum absolute atomic E-state index is 12.4. The highest BCUT2D eigenvalue weighted by atomic mass is 16.1. The summed E-state index contributed by atoms with van der Waals surface area (Å²) < 4.78 is 1.73. The third kappa shape index (κ3) is 3.30. The van der Waals surface area contributed by atoms with Gasteiger partial charge in [-0.3, -0.25) is 4.79 Å². The molecule has 5 heteroatoms. The molecule has 0 fully saturated rings. The number of aryl methyl sites for hydroxylation is 1. The van der Waals surface area contributed by atoms with Crippen molar-refractivity contribution in [2.24, 2.45) is 0 Å². The van der Waals surface area contributed by atoms with Crippen LogP contribution in [0.2, 0.25) is 0 Å². The van der Waals surface area contributed by atoms with E-state index < -0.39 is 0 Å². The first-order chi connectivity index (χ1) is 11.7. The summed E-state index contributed by atoms with van der Waals surface area (Å²) in [4.78, 5) is 16.7. The maximum atomic E-state index is 12.4. The van der Waals surface area contributed by atoms with Crippen LogP contribution in [0.4, 0.5) is 0 Å². The molecule has 2 heterocycles. The van der Waals surface area contributed by atoms with Crippen LogP contribution in [0.25, 0.3) is 16.9 Å². The average Bonchev–Trinajstić information content (AvgIpc) is 3.02. The molecule has 0 spiro atoms. The van der Waals surface area contributed by atoms with E-state index in [1.165, 1.54) is 5.56 Å². The minimum Gasteiger partial charge on any atom is -0.352 e. The van der Waals surface area contributed by atoms with Gasteiger partial charge in [-0.1, -0.05) is 43.5 Å². The number of aromatic nitrogens is 3. The van der Waals surface area contributed by atoms with Gasteiger partial charge in [0.15, 0.2) is 5.65 Å². The zero-order chi connectivity index (χ0) is 16.9. The Hall–Kier alpha value is -2.69. The fraction of sp³-hybridized carbons (Fsp3) is 0.316. The van der Waals surface area contributed by atoms with Crippen molar-refractivity contribution in [2.45, 2.75) is 33.1 Å². The molecule has 0 atom stereocenters. The fourth-order valence-electron chi connectivity index (χ4n) is 2.75. The second-order valence-electron chi connectivity index (χ2n) is 5.96. The molecule has 3 rings (SSSR count). The molecule has 0 aliphatic heterocycles. The SMILES string of the molecule is CCCCCNC(=O)c1cnn2c(-c3cccc(C)c3)ccnc12. The number of carbonyl (C=O) groups excluding carboxylic acids is 1. The highest BCUT2D eigenvalue weighted by Crippen LogP contribution is 2.21. The van der Waals surface area contributed by atoms with Gasteiger partial charge in [0.05, 0.1) is 11.9 Å². The van der Waals surface area contributed by atoms with Crippen molar-refractivity contribution in [3.05, 3.63) is 53.9 Å². The summed E-state index contributed by atoms with van der Waals surface area (Å²) in [6.07, 6.45) is 6.56. The number of fused-ring (bicyclic) bond motifs is 1. The van der Waals surface area contributed by atoms with Crippen molar-refractivity contribution in [2.75, 3.05) is 6.54 Å². The van der Waals surface area contributed by atoms with Crippen molar-refractivity contribution in [3.63, 3.8) is 0 Å². The molecule has 1 aromatic carbocycles. The van der Waals surface area contributed by atoms with E-state index in [9.17, 15) is 4.79 Å². The summed E-state index contributed by atoms with van der Waals surface area (Å²) >= 11 is 0. The standard InChI is InChI=1S/C19H22N4O/c1-3-4-5-10-21-19(24)16-13-22-23-17(9-11-20-18(16)23)15-8-6-7-14(2)12-15/h6-9,11-13H,3-5,10H2,1-2H3,(H,21,24). The van der Waals surface area contributed by atoms with Crippen LogP contribution in [0.15, 0.2) is 42.7 Å². The van der Waals surface area contributed by atoms with E-state index in [0.717, 1.165) is 30.5 Å². The lowest BCUT2D eigenvalue weighted by Gasteiger charge is -2.06. The molecule has 0 unspecified atom stereocenters. The normalized spacial score (nSPS) is 10.9. The van der Waals surface area contributed by atoms with E-state index in [4.69, 9.17) is 0 Å². The molecule has 1 N–H and O–H groups in total. The Bertz CT molecular complexity index is 853. The highest BCUT2D eigenvalue weighted by Gasteiger charge is 2.15. The Kier molecular flexibility index (Phi) is 4.89. The molecule has 2 aromatic heterocycles. The number of benzene rings is 1. The quantitative estimate of drug-likeness (QED) is 0.705. The summed E-state index contributed by atoms with van der Waals surface area (Å²) in [5, 5.41) is 7.33. The van der Waals surface area contributed by atoms with E-state index in [-0.39, 0.29) is 5.91 Å². The first kappa shape index (κ1) is 16.2. The molecular weight excluding hydrogens is 300 g/mol. The topological polar surface area (TPSA) is 59.3 Å². The monoisotopic (exact) mass is 322 g/mol. The van der Waals surface area contributed by atoms with Gasteiger partial charge in [-0.05, 0) is 25.5 Å². The van der Waals surface area contributed by atoms with Gasteiger partial charge in [-0.25, -0.2) is 9.50 Å². The Morgan fingerprint density at radius 3 is 2.92 bits per heavy atom. The first-order valence-electron chi connectivity index (χ1n) is 8.38. The zero-order valence-corrected chi connectivity index (χ0v) is 14.1. The number of rotatable bonds is 6. The molecule has 3 aromatic rings. The van der Waals surface area contributed by atoms with Gasteiger partial charge in [0.1, 0.15) is 5.56 Å². The van der Waals surface area contributed by atoms with E-state index in [0.29, 0.717) is 17.8 Å². The Balaban J connectivity index is 1.90. The molecule has 124 valence electrons. The van der Waals surface area contributed by atoms with Crippen molar-refractivity contribution in [1.29, 1.82) is 0 Å². The molecular formula is C19H22N4O. The number of hydrogen-bond donors (Lipinski definition) is 1. The number of nitrogens with one attached hydrogen (secondary N) is 1. The molecule has 0 saturated heterocycles. The van der Waals surface area contributed by atoms with Crippen molar-refractivity contribution < 1.29 is 4.79 Å². The summed E-state index contributed by atoms with van der Waals surface area (Å²) in [7, 11) is 0. The zero-order valence-electron chi connectivity index (χ0n) is 14.1. The van der Waals surface area contributed by atoms with Crippen LogP contribution in [0, 0.1) is 6.92 Å². The number of amides is 1. The predicted octanol–water partition coefficient (Wildman–Crippen LogP) is 3.62. The summed E-state index contributed by atoms with van der Waals surface area (Å²) in [5.41, 5.74) is 4.26. The first-order valence-corrected chi connectivity index (χ1v) is 8.38. The van der Waals surface area contributed by atoms with Gasteiger partial charge in [-0.15, -0.1) is 0 Å². The molecule has 0 aliphatic rings. The van der Waals surface area contributed by atoms with Gasteiger partial charge < -0.3 is 5.32 Å². The third-order valence-electron chi connectivity index (χ3n) is 4.03. The molecule has 0 aliphatic carbocycles. The van der Waals surface area contributed by atoms with Crippen LogP contribution in [0.5, 0.6) is 0 Å². The Morgan fingerprint density at radius 1 is 1.25 bits per heavy atom. The molecule has 1 amide bonds. The lowest BCUT2D eigenvalue weighted by molar-refractivity contribution is 0.0954. The minimum absolute atomic E-state index is 0.116. The highest BCUT2D eigenvalue weighted by molar-refractivity contribution is 5.99. The number of carbonyl (C=O) groups is 1. The molecule has 0 radical (unpaired) electrons. The predicted molar refractivity (Wildman–Crippen MR) is 95.0 cm³/mol. The lowest BCUT2D eigenvalue weighted by Crippen LogP contribution is -2.24. The molecule has 24 heavy (non-hydrogen) atoms. The van der Waals surface area contributed by atoms with Crippen LogP contribution in [0.3, 0.4) is 0 Å². The van der Waals surface area contributed by atoms with Crippen LogP contribution >= 0.6 is 0 Å². The summed E-state index contributed by atoms with van der Waals surface area (Å²) in [5.74, 6) is -0.116. The minimum atomic E-state index is -0.116. The van der Waals surface area contributed by atoms with Crippen molar-refractivity contribution >= 4 is 11.6 Å². The van der Waals surface area contributed by atoms with Crippen molar-refractivity contribution in [1.82, 2.24) is 19.9 Å². The van der Waals surface area contributed by atoms with Crippen molar-refractivity contribution in [3.8, 4) is 11.3 Å². The van der Waals surface area contributed by atoms with E-state index in [1.807, 2.05) is 18.2 Å². The largest absolute Gasteiger partial charge is 0.352 e. The Labute approximate surface area is 141 Å². The maximum Gasteiger partial charge on any atom is 0.256 e. The van der Waals surface area contributed by atoms with Gasteiger partial charge >= 0.3 is 0 Å². The number of nitrogens with zero attached hydrogens (tertiary/aromatic N) is 3. The lowest BCUT2D eigenvalue weighted by atomic mass is 10.1. The van der Waals surface area contributed by atoms with Crippen LogP contribution in [-0.4, -0.2) is 27.0 Å². The number of unbranched alkanes of at least 4 members (excludes halogenated alkanes) is 2. The van der Waals surface area contributed by atoms with E-state index in [1.54, 1.807) is 16.9 Å². The summed E-state index contributed by atoms with van der Waals surface area (Å²) in [6.45, 7) is 4.88. The Morgan fingerprint density at radius 2 is 2.12 bits per heavy atom. The fourth-order valence-corrected chi connectivity index (χ4v) is 2.75. The van der Waals surface area contributed by atoms with Crippen LogP contribution < -0.4 is 5.32 Å². The van der Waals surface area contributed by atoms with E-state index >= 15 is 0 Å². The second-order valence-corrected chi connectivity index (χ2v) is 5.96. The van der Waals surface area contributed by atoms with Gasteiger partial charge in [0.2, 0.25) is 0 Å².